The van der Waals surface area contributed by atoms with Gasteiger partial charge >= 0.3 is 0 Å². The third-order valence-corrected chi connectivity index (χ3v) is 10.2. The zero-order chi connectivity index (χ0) is 29.5. The first-order valence-electron chi connectivity index (χ1n) is 13.9. The third kappa shape index (κ3) is 5.96. The quantitative estimate of drug-likeness (QED) is 0.367. The lowest BCUT2D eigenvalue weighted by atomic mass is 9.79. The van der Waals surface area contributed by atoms with Crippen LogP contribution in [0.2, 0.25) is 5.02 Å². The maximum absolute atomic E-state index is 13.8. The highest BCUT2D eigenvalue weighted by Gasteiger charge is 2.39. The van der Waals surface area contributed by atoms with E-state index in [-0.39, 0.29) is 35.9 Å². The molecule has 3 aromatic rings. The Morgan fingerprint density at radius 3 is 2.22 bits per heavy atom. The number of anilines is 1. The Bertz CT molecular complexity index is 1520. The van der Waals surface area contributed by atoms with Gasteiger partial charge in [0, 0.05) is 10.7 Å². The summed E-state index contributed by atoms with van der Waals surface area (Å²) in [5.41, 5.74) is 2.88. The molecule has 1 N–H and O–H groups in total. The Labute approximate surface area is 247 Å². The number of nitrogens with zero attached hydrogens (tertiary/aromatic N) is 1. The van der Waals surface area contributed by atoms with Crippen molar-refractivity contribution in [2.75, 3.05) is 23.5 Å². The first-order valence-corrected chi connectivity index (χ1v) is 16.1. The van der Waals surface area contributed by atoms with Crippen molar-refractivity contribution >= 4 is 33.0 Å². The smallest absolute Gasteiger partial charge is 0.232 e. The Morgan fingerprint density at radius 1 is 1.00 bits per heavy atom. The van der Waals surface area contributed by atoms with E-state index in [2.05, 4.69) is 0 Å². The zero-order valence-corrected chi connectivity index (χ0v) is 25.3. The first-order chi connectivity index (χ1) is 19.4. The second-order valence-electron chi connectivity index (χ2n) is 11.4. The molecule has 218 valence electrons. The Balaban J connectivity index is 1.55. The van der Waals surface area contributed by atoms with Crippen LogP contribution in [0.25, 0.3) is 0 Å². The van der Waals surface area contributed by atoms with Crippen LogP contribution in [0.15, 0.2) is 60.7 Å². The van der Waals surface area contributed by atoms with Crippen LogP contribution in [0.4, 0.5) is 5.69 Å². The molecule has 5 rings (SSSR count). The molecular formula is C32H36ClNO6S. The number of ether oxygens (including phenoxy) is 2. The normalized spacial score (nSPS) is 20.4. The molecule has 1 saturated heterocycles. The van der Waals surface area contributed by atoms with Crippen molar-refractivity contribution in [3.8, 4) is 11.5 Å². The number of carbonyl (C=O) groups excluding carboxylic acids is 1. The van der Waals surface area contributed by atoms with Crippen molar-refractivity contribution in [2.45, 2.75) is 57.8 Å². The topological polar surface area (TPSA) is 93.1 Å². The van der Waals surface area contributed by atoms with Gasteiger partial charge in [-0.3, -0.25) is 4.79 Å². The minimum Gasteiger partial charge on any atom is -0.493 e. The van der Waals surface area contributed by atoms with E-state index in [1.165, 1.54) is 0 Å². The number of hydrogen-bond acceptors (Lipinski definition) is 6. The number of fused-ring (bicyclic) bond motifs is 1. The van der Waals surface area contributed by atoms with Gasteiger partial charge in [-0.05, 0) is 98.2 Å². The molecule has 2 atom stereocenters. The van der Waals surface area contributed by atoms with E-state index in [9.17, 15) is 18.3 Å². The van der Waals surface area contributed by atoms with Crippen LogP contribution in [-0.2, 0) is 26.7 Å². The van der Waals surface area contributed by atoms with Crippen molar-refractivity contribution in [3.63, 3.8) is 0 Å². The van der Waals surface area contributed by atoms with Gasteiger partial charge in [0.2, 0.25) is 5.91 Å². The minimum atomic E-state index is -3.04. The summed E-state index contributed by atoms with van der Waals surface area (Å²) in [7, 11) is -1.45. The fourth-order valence-corrected chi connectivity index (χ4v) is 7.59. The number of methoxy groups -OCH3 is 1. The van der Waals surface area contributed by atoms with Gasteiger partial charge in [0.25, 0.3) is 0 Å². The van der Waals surface area contributed by atoms with E-state index in [1.807, 2.05) is 74.5 Å². The molecule has 1 amide bonds. The second kappa shape index (κ2) is 11.3. The summed E-state index contributed by atoms with van der Waals surface area (Å²) in [5.74, 6) is 1.12. The zero-order valence-electron chi connectivity index (χ0n) is 23.8. The molecule has 0 saturated carbocycles. The van der Waals surface area contributed by atoms with Gasteiger partial charge in [-0.1, -0.05) is 35.9 Å². The first kappa shape index (κ1) is 29.4. The number of amides is 1. The maximum atomic E-state index is 13.8. The van der Waals surface area contributed by atoms with Crippen LogP contribution >= 0.6 is 11.6 Å². The van der Waals surface area contributed by atoms with Gasteiger partial charge in [-0.15, -0.1) is 0 Å². The molecule has 7 nitrogen and oxygen atoms in total. The summed E-state index contributed by atoms with van der Waals surface area (Å²) in [6, 6.07) is 18.2. The molecule has 1 unspecified atom stereocenters. The van der Waals surface area contributed by atoms with Crippen LogP contribution in [-0.4, -0.2) is 44.2 Å². The predicted octanol–water partition coefficient (Wildman–Crippen LogP) is 5.85. The number of benzene rings is 3. The Hall–Kier alpha value is -3.07. The molecule has 0 aromatic heterocycles. The number of sulfone groups is 1. The van der Waals surface area contributed by atoms with E-state index < -0.39 is 21.5 Å². The van der Waals surface area contributed by atoms with Crippen LogP contribution in [0.5, 0.6) is 11.5 Å². The third-order valence-electron chi connectivity index (χ3n) is 8.22. The number of carbonyl (C=O) groups is 1. The Morgan fingerprint density at radius 2 is 1.63 bits per heavy atom. The second-order valence-corrected chi connectivity index (χ2v) is 14.1. The molecule has 41 heavy (non-hydrogen) atoms. The van der Waals surface area contributed by atoms with Crippen LogP contribution < -0.4 is 14.4 Å². The molecule has 0 radical (unpaired) electrons. The van der Waals surface area contributed by atoms with E-state index >= 15 is 0 Å². The van der Waals surface area contributed by atoms with Crippen LogP contribution in [0.3, 0.4) is 0 Å². The van der Waals surface area contributed by atoms with Gasteiger partial charge in [-0.2, -0.15) is 0 Å². The molecule has 2 aliphatic rings. The fourth-order valence-electron chi connectivity index (χ4n) is 5.98. The largest absolute Gasteiger partial charge is 0.493 e. The van der Waals surface area contributed by atoms with Crippen molar-refractivity contribution < 1.29 is 27.8 Å². The summed E-state index contributed by atoms with van der Waals surface area (Å²) in [6.45, 7) is 5.65. The molecule has 0 spiro atoms. The lowest BCUT2D eigenvalue weighted by Crippen LogP contribution is -2.41. The average molecular weight is 598 g/mol. The highest BCUT2D eigenvalue weighted by Crippen LogP contribution is 2.44. The molecule has 3 aromatic carbocycles. The molecule has 2 heterocycles. The number of halogens is 1. The predicted molar refractivity (Wildman–Crippen MR) is 161 cm³/mol. The number of rotatable bonds is 7. The molecule has 1 fully saturated rings. The number of aliphatic hydroxyl groups is 1. The summed E-state index contributed by atoms with van der Waals surface area (Å²) in [6.07, 6.45) is 0.957. The van der Waals surface area contributed by atoms with Crippen molar-refractivity contribution in [1.82, 2.24) is 0 Å². The molecule has 0 bridgehead atoms. The van der Waals surface area contributed by atoms with E-state index in [4.69, 9.17) is 21.1 Å². The number of hydrogen-bond donors (Lipinski definition) is 1. The molecule has 9 heteroatoms. The summed E-state index contributed by atoms with van der Waals surface area (Å²) in [4.78, 5) is 15.6. The highest BCUT2D eigenvalue weighted by atomic mass is 35.5. The highest BCUT2D eigenvalue weighted by molar-refractivity contribution is 7.91. The Kier molecular flexibility index (Phi) is 8.12. The van der Waals surface area contributed by atoms with Crippen molar-refractivity contribution in [2.24, 2.45) is 5.92 Å². The molecule has 2 aliphatic heterocycles. The summed E-state index contributed by atoms with van der Waals surface area (Å²) >= 11 is 6.22. The lowest BCUT2D eigenvalue weighted by Gasteiger charge is -2.39. The van der Waals surface area contributed by atoms with Gasteiger partial charge in [0.15, 0.2) is 11.5 Å². The van der Waals surface area contributed by atoms with E-state index in [0.717, 1.165) is 16.7 Å². The fraction of sp³-hybridized carbons (Fsp3) is 0.406. The molecular weight excluding hydrogens is 562 g/mol. The summed E-state index contributed by atoms with van der Waals surface area (Å²) < 4.78 is 35.5. The van der Waals surface area contributed by atoms with E-state index in [1.54, 1.807) is 18.9 Å². The SMILES string of the molecule is COc1cc2c(cc1OC(C)C)[C@H](c1ccc(Cl)cc1)N(c1ccc(C(C)(O)C3CCS(=O)(=O)CC3)cc1)C(=O)C2. The van der Waals surface area contributed by atoms with Gasteiger partial charge in [0.05, 0.1) is 42.8 Å². The van der Waals surface area contributed by atoms with Crippen LogP contribution in [0, 0.1) is 5.92 Å². The summed E-state index contributed by atoms with van der Waals surface area (Å²) in [5, 5.41) is 12.1. The van der Waals surface area contributed by atoms with E-state index in [0.29, 0.717) is 40.6 Å². The maximum Gasteiger partial charge on any atom is 0.232 e. The van der Waals surface area contributed by atoms with Gasteiger partial charge < -0.3 is 19.5 Å². The molecule has 0 aliphatic carbocycles. The average Bonchev–Trinajstić information content (AvgIpc) is 2.92. The van der Waals surface area contributed by atoms with Crippen molar-refractivity contribution in [3.05, 3.63) is 87.9 Å². The monoisotopic (exact) mass is 597 g/mol. The van der Waals surface area contributed by atoms with Gasteiger partial charge in [0.1, 0.15) is 9.84 Å². The van der Waals surface area contributed by atoms with Crippen molar-refractivity contribution in [1.29, 1.82) is 0 Å². The van der Waals surface area contributed by atoms with Gasteiger partial charge in [-0.25, -0.2) is 8.42 Å². The standard InChI is InChI=1S/C32H36ClNO6S/c1-20(2)40-29-19-27-22(17-28(29)39-4)18-30(35)34(31(27)21-5-9-25(33)10-6-21)26-11-7-23(8-12-26)32(3,36)24-13-15-41(37,38)16-14-24/h5-12,17,19-20,24,31,36H,13-16,18H2,1-4H3/t31-,32?/m0/s1. The minimum absolute atomic E-state index is 0.0677. The van der Waals surface area contributed by atoms with Crippen LogP contribution in [0.1, 0.15) is 61.9 Å². The lowest BCUT2D eigenvalue weighted by molar-refractivity contribution is -0.118.